The van der Waals surface area contributed by atoms with E-state index in [0.717, 1.165) is 12.1 Å². The van der Waals surface area contributed by atoms with E-state index in [4.69, 9.17) is 4.55 Å². The van der Waals surface area contributed by atoms with Gasteiger partial charge in [-0.15, -0.1) is 0 Å². The van der Waals surface area contributed by atoms with Gasteiger partial charge in [-0.2, -0.15) is 13.2 Å². The highest BCUT2D eigenvalue weighted by Crippen LogP contribution is 2.32. The second-order valence-corrected chi connectivity index (χ2v) is 4.10. The number of hydrogen-bond donors (Lipinski definition) is 1. The Labute approximate surface area is 91.6 Å². The Kier molecular flexibility index (Phi) is 4.03. The van der Waals surface area contributed by atoms with Crippen LogP contribution in [0.15, 0.2) is 18.2 Å². The van der Waals surface area contributed by atoms with Gasteiger partial charge in [0.1, 0.15) is 5.82 Å². The molecule has 1 unspecified atom stereocenters. The van der Waals surface area contributed by atoms with Crippen LogP contribution in [0.3, 0.4) is 0 Å². The topological polar surface area (TPSA) is 37.3 Å². The molecule has 0 bridgehead atoms. The molecule has 90 valence electrons. The van der Waals surface area contributed by atoms with Gasteiger partial charge in [0.15, 0.2) is 11.1 Å². The van der Waals surface area contributed by atoms with Crippen molar-refractivity contribution in [1.29, 1.82) is 0 Å². The fourth-order valence-corrected chi connectivity index (χ4v) is 1.58. The first-order valence-corrected chi connectivity index (χ1v) is 5.52. The summed E-state index contributed by atoms with van der Waals surface area (Å²) >= 11 is -2.15. The van der Waals surface area contributed by atoms with Crippen LogP contribution in [0.25, 0.3) is 0 Å². The normalized spacial score (nSPS) is 13.8. The minimum Gasteiger partial charge on any atom is -0.306 e. The van der Waals surface area contributed by atoms with Crippen molar-refractivity contribution in [3.63, 3.8) is 0 Å². The van der Waals surface area contributed by atoms with E-state index in [2.05, 4.69) is 0 Å². The quantitative estimate of drug-likeness (QED) is 0.666. The van der Waals surface area contributed by atoms with E-state index in [1.54, 1.807) is 0 Å². The summed E-state index contributed by atoms with van der Waals surface area (Å²) < 4.78 is 68.9. The molecule has 2 nitrogen and oxygen atoms in total. The van der Waals surface area contributed by atoms with Crippen molar-refractivity contribution in [3.05, 3.63) is 35.1 Å². The molecule has 1 aromatic rings. The van der Waals surface area contributed by atoms with Crippen LogP contribution in [0.1, 0.15) is 11.1 Å². The van der Waals surface area contributed by atoms with Gasteiger partial charge in [-0.1, -0.05) is 12.1 Å². The molecule has 1 rings (SSSR count). The Bertz CT molecular complexity index is 403. The summed E-state index contributed by atoms with van der Waals surface area (Å²) in [6.07, 6.45) is -4.96. The molecule has 1 atom stereocenters. The van der Waals surface area contributed by atoms with Gasteiger partial charge in [0.2, 0.25) is 0 Å². The molecule has 0 spiro atoms. The standard InChI is InChI=1S/C9H8F4O2S/c10-8-6(4-5-16(14)15)2-1-3-7(8)9(11,12)13/h1-3H,4-5H2,(H,14,15). The van der Waals surface area contributed by atoms with E-state index in [1.807, 2.05) is 0 Å². The fraction of sp³-hybridized carbons (Fsp3) is 0.333. The molecule has 0 aliphatic rings. The van der Waals surface area contributed by atoms with Gasteiger partial charge < -0.3 is 4.55 Å². The summed E-state index contributed by atoms with van der Waals surface area (Å²) in [5, 5.41) is 0. The second-order valence-electron chi connectivity index (χ2n) is 3.05. The molecule has 0 radical (unpaired) electrons. The van der Waals surface area contributed by atoms with Crippen molar-refractivity contribution in [1.82, 2.24) is 0 Å². The fourth-order valence-electron chi connectivity index (χ4n) is 1.19. The molecule has 0 amide bonds. The van der Waals surface area contributed by atoms with E-state index in [-0.39, 0.29) is 17.7 Å². The first kappa shape index (κ1) is 13.1. The number of rotatable bonds is 3. The van der Waals surface area contributed by atoms with Crippen LogP contribution in [0.4, 0.5) is 17.6 Å². The van der Waals surface area contributed by atoms with Crippen molar-refractivity contribution in [2.45, 2.75) is 12.6 Å². The number of aryl methyl sites for hydroxylation is 1. The maximum Gasteiger partial charge on any atom is 0.419 e. The van der Waals surface area contributed by atoms with Crippen LogP contribution in [-0.2, 0) is 23.7 Å². The second kappa shape index (κ2) is 4.92. The maximum atomic E-state index is 13.3. The predicted octanol–water partition coefficient (Wildman–Crippen LogP) is 2.61. The largest absolute Gasteiger partial charge is 0.419 e. The minimum absolute atomic E-state index is 0.209. The summed E-state index contributed by atoms with van der Waals surface area (Å²) in [4.78, 5) is 0. The van der Waals surface area contributed by atoms with Gasteiger partial charge >= 0.3 is 6.18 Å². The SMILES string of the molecule is O=S(O)CCc1cccc(C(F)(F)F)c1F. The highest BCUT2D eigenvalue weighted by Gasteiger charge is 2.34. The molecule has 0 saturated carbocycles. The van der Waals surface area contributed by atoms with Crippen molar-refractivity contribution in [2.75, 3.05) is 5.75 Å². The molecule has 16 heavy (non-hydrogen) atoms. The molecule has 0 aliphatic carbocycles. The first-order valence-electron chi connectivity index (χ1n) is 4.24. The Hall–Kier alpha value is -0.950. The third-order valence-corrected chi connectivity index (χ3v) is 2.48. The monoisotopic (exact) mass is 256 g/mol. The molecule has 0 aromatic heterocycles. The summed E-state index contributed by atoms with van der Waals surface area (Å²) in [6.45, 7) is 0. The molecule has 0 fully saturated rings. The van der Waals surface area contributed by atoms with Gasteiger partial charge in [0, 0.05) is 0 Å². The summed E-state index contributed by atoms with van der Waals surface area (Å²) in [7, 11) is 0. The van der Waals surface area contributed by atoms with Gasteiger partial charge in [-0.3, -0.25) is 0 Å². The minimum atomic E-state index is -4.75. The molecule has 0 aliphatic heterocycles. The van der Waals surface area contributed by atoms with Crippen LogP contribution < -0.4 is 0 Å². The van der Waals surface area contributed by atoms with Gasteiger partial charge in [0.05, 0.1) is 11.3 Å². The van der Waals surface area contributed by atoms with E-state index in [0.29, 0.717) is 6.07 Å². The van der Waals surface area contributed by atoms with Crippen molar-refractivity contribution in [3.8, 4) is 0 Å². The zero-order valence-corrected chi connectivity index (χ0v) is 8.74. The van der Waals surface area contributed by atoms with Gasteiger partial charge in [-0.25, -0.2) is 8.60 Å². The molecule has 7 heteroatoms. The average molecular weight is 256 g/mol. The highest BCUT2D eigenvalue weighted by molar-refractivity contribution is 7.79. The average Bonchev–Trinajstić information content (AvgIpc) is 2.14. The van der Waals surface area contributed by atoms with Crippen molar-refractivity contribution < 1.29 is 26.3 Å². The number of benzene rings is 1. The number of hydrogen-bond acceptors (Lipinski definition) is 1. The van der Waals surface area contributed by atoms with Gasteiger partial charge in [0.25, 0.3) is 0 Å². The molecule has 1 aromatic carbocycles. The summed E-state index contributed by atoms with van der Waals surface area (Å²) in [6, 6.07) is 2.87. The Morgan fingerprint density at radius 2 is 1.94 bits per heavy atom. The molecular formula is C9H8F4O2S. The lowest BCUT2D eigenvalue weighted by atomic mass is 10.1. The van der Waals surface area contributed by atoms with Crippen LogP contribution in [0.2, 0.25) is 0 Å². The van der Waals surface area contributed by atoms with Gasteiger partial charge in [-0.05, 0) is 18.1 Å². The third kappa shape index (κ3) is 3.28. The Balaban J connectivity index is 3.00. The number of halogens is 4. The molecule has 0 heterocycles. The van der Waals surface area contributed by atoms with Crippen LogP contribution in [0.5, 0.6) is 0 Å². The Morgan fingerprint density at radius 1 is 1.31 bits per heavy atom. The zero-order valence-electron chi connectivity index (χ0n) is 7.92. The van der Waals surface area contributed by atoms with Crippen LogP contribution >= 0.6 is 0 Å². The van der Waals surface area contributed by atoms with E-state index >= 15 is 0 Å². The van der Waals surface area contributed by atoms with Crippen molar-refractivity contribution in [2.24, 2.45) is 0 Å². The lowest BCUT2D eigenvalue weighted by molar-refractivity contribution is -0.140. The lowest BCUT2D eigenvalue weighted by Gasteiger charge is -2.10. The Morgan fingerprint density at radius 3 is 2.44 bits per heavy atom. The van der Waals surface area contributed by atoms with Crippen LogP contribution in [-0.4, -0.2) is 14.5 Å². The summed E-state index contributed by atoms with van der Waals surface area (Å²) in [5.74, 6) is -1.67. The number of alkyl halides is 3. The first-order chi connectivity index (χ1) is 7.32. The van der Waals surface area contributed by atoms with E-state index in [1.165, 1.54) is 0 Å². The molecule has 1 N–H and O–H groups in total. The smallest absolute Gasteiger partial charge is 0.306 e. The highest BCUT2D eigenvalue weighted by atomic mass is 32.2. The van der Waals surface area contributed by atoms with E-state index in [9.17, 15) is 21.8 Å². The van der Waals surface area contributed by atoms with Crippen molar-refractivity contribution >= 4 is 11.1 Å². The summed E-state index contributed by atoms with van der Waals surface area (Å²) in [5.41, 5.74) is -1.56. The van der Waals surface area contributed by atoms with Crippen LogP contribution in [0, 0.1) is 5.82 Å². The molecule has 0 saturated heterocycles. The predicted molar refractivity (Wildman–Crippen MR) is 50.7 cm³/mol. The third-order valence-electron chi connectivity index (χ3n) is 1.93. The zero-order chi connectivity index (χ0) is 12.3. The van der Waals surface area contributed by atoms with E-state index < -0.39 is 28.6 Å². The lowest BCUT2D eigenvalue weighted by Crippen LogP contribution is -2.11. The maximum absolute atomic E-state index is 13.3. The molecular weight excluding hydrogens is 248 g/mol.